The Hall–Kier alpha value is -3.71. The van der Waals surface area contributed by atoms with E-state index in [-0.39, 0.29) is 24.3 Å². The predicted octanol–water partition coefficient (Wildman–Crippen LogP) is 4.27. The molecule has 1 amide bonds. The molecule has 0 fully saturated rings. The van der Waals surface area contributed by atoms with Gasteiger partial charge in [0.25, 0.3) is 0 Å². The second-order valence-corrected chi connectivity index (χ2v) is 8.51. The van der Waals surface area contributed by atoms with Crippen LogP contribution in [0, 0.1) is 11.8 Å². The summed E-state index contributed by atoms with van der Waals surface area (Å²) in [6.45, 7) is -0.167. The third kappa shape index (κ3) is 4.77. The lowest BCUT2D eigenvalue weighted by molar-refractivity contribution is -0.122. The average Bonchev–Trinajstić information content (AvgIpc) is 2.91. The molecule has 2 N–H and O–H groups in total. The van der Waals surface area contributed by atoms with Gasteiger partial charge in [-0.15, -0.1) is 0 Å². The summed E-state index contributed by atoms with van der Waals surface area (Å²) in [7, 11) is 6.36. The number of methoxy groups -OCH3 is 4. The second-order valence-electron chi connectivity index (χ2n) is 8.51. The molecular weight excluding hydrogens is 446 g/mol. The zero-order chi connectivity index (χ0) is 24.9. The first-order valence-corrected chi connectivity index (χ1v) is 11.5. The van der Waals surface area contributed by atoms with Gasteiger partial charge in [0.15, 0.2) is 23.0 Å². The van der Waals surface area contributed by atoms with Crippen molar-refractivity contribution in [3.63, 3.8) is 0 Å². The van der Waals surface area contributed by atoms with Crippen LogP contribution >= 0.6 is 0 Å². The van der Waals surface area contributed by atoms with Crippen LogP contribution in [0.5, 0.6) is 23.0 Å². The number of benzene rings is 3. The lowest BCUT2D eigenvalue weighted by Crippen LogP contribution is -2.40. The quantitative estimate of drug-likeness (QED) is 0.504. The van der Waals surface area contributed by atoms with Gasteiger partial charge in [-0.2, -0.15) is 0 Å². The first kappa shape index (κ1) is 24.4. The van der Waals surface area contributed by atoms with Gasteiger partial charge >= 0.3 is 0 Å². The van der Waals surface area contributed by atoms with E-state index in [1.165, 1.54) is 0 Å². The maximum atomic E-state index is 13.5. The van der Waals surface area contributed by atoms with Gasteiger partial charge < -0.3 is 29.4 Å². The fourth-order valence-electron chi connectivity index (χ4n) is 5.00. The molecule has 1 aliphatic carbocycles. The molecule has 0 spiro atoms. The number of carbonyl (C=O) groups excluding carboxylic acids is 1. The minimum atomic E-state index is -0.469. The second kappa shape index (κ2) is 10.7. The first-order chi connectivity index (χ1) is 17.0. The van der Waals surface area contributed by atoms with Gasteiger partial charge in [-0.3, -0.25) is 4.79 Å². The van der Waals surface area contributed by atoms with E-state index in [0.29, 0.717) is 29.4 Å². The minimum Gasteiger partial charge on any atom is -0.493 e. The number of fused-ring (bicyclic) bond motifs is 1. The fourth-order valence-corrected chi connectivity index (χ4v) is 5.00. The number of para-hydroxylation sites is 1. The standard InChI is InChI=1S/C28H31NO6/c1-32-23-11-10-17(13-24(23)33-2)27-20-15-26(35-4)25(34-3)14-18(20)12-21(22(27)16-30)28(31)29-19-8-6-5-7-9-19/h5-11,13-15,21-22,27,30H,12,16H2,1-4H3,(H,29,31)/t21-,22-,27+/m0/s1. The molecule has 0 saturated heterocycles. The van der Waals surface area contributed by atoms with Crippen molar-refractivity contribution in [1.29, 1.82) is 0 Å². The van der Waals surface area contributed by atoms with Gasteiger partial charge in [0.05, 0.1) is 28.4 Å². The third-order valence-corrected chi connectivity index (χ3v) is 6.72. The molecule has 0 aromatic heterocycles. The summed E-state index contributed by atoms with van der Waals surface area (Å²) in [5.41, 5.74) is 3.58. The molecule has 0 saturated carbocycles. The molecule has 3 aromatic rings. The Morgan fingerprint density at radius 1 is 0.857 bits per heavy atom. The number of carbonyl (C=O) groups is 1. The van der Waals surface area contributed by atoms with Crippen LogP contribution in [0.1, 0.15) is 22.6 Å². The molecule has 0 heterocycles. The average molecular weight is 478 g/mol. The number of aliphatic hydroxyl groups excluding tert-OH is 1. The van der Waals surface area contributed by atoms with Crippen molar-refractivity contribution in [2.75, 3.05) is 40.4 Å². The van der Waals surface area contributed by atoms with Crippen LogP contribution in [0.4, 0.5) is 5.69 Å². The number of amides is 1. The molecule has 0 bridgehead atoms. The lowest BCUT2D eigenvalue weighted by atomic mass is 9.66. The molecule has 0 aliphatic heterocycles. The Balaban J connectivity index is 1.84. The fraction of sp³-hybridized carbons (Fsp3) is 0.321. The van der Waals surface area contributed by atoms with Crippen LogP contribution in [0.15, 0.2) is 60.7 Å². The van der Waals surface area contributed by atoms with Crippen molar-refractivity contribution in [2.24, 2.45) is 11.8 Å². The summed E-state index contributed by atoms with van der Waals surface area (Å²) < 4.78 is 22.1. The zero-order valence-corrected chi connectivity index (χ0v) is 20.4. The summed E-state index contributed by atoms with van der Waals surface area (Å²) >= 11 is 0. The summed E-state index contributed by atoms with van der Waals surface area (Å²) in [6.07, 6.45) is 0.462. The minimum absolute atomic E-state index is 0.138. The van der Waals surface area contributed by atoms with Gasteiger partial charge in [0.1, 0.15) is 0 Å². The number of hydrogen-bond acceptors (Lipinski definition) is 6. The van der Waals surface area contributed by atoms with E-state index >= 15 is 0 Å². The number of rotatable bonds is 8. The Labute approximate surface area is 205 Å². The van der Waals surface area contributed by atoms with Crippen molar-refractivity contribution in [3.05, 3.63) is 77.4 Å². The van der Waals surface area contributed by atoms with Gasteiger partial charge in [-0.05, 0) is 59.5 Å². The number of anilines is 1. The molecule has 3 atom stereocenters. The van der Waals surface area contributed by atoms with Crippen molar-refractivity contribution in [3.8, 4) is 23.0 Å². The van der Waals surface area contributed by atoms with Gasteiger partial charge in [-0.1, -0.05) is 24.3 Å². The molecule has 3 aromatic carbocycles. The van der Waals surface area contributed by atoms with Crippen LogP contribution in [-0.2, 0) is 11.2 Å². The Kier molecular flexibility index (Phi) is 7.46. The van der Waals surface area contributed by atoms with Gasteiger partial charge in [-0.25, -0.2) is 0 Å². The SMILES string of the molecule is COc1ccc([C@@H]2c3cc(OC)c(OC)cc3C[C@H](C(=O)Nc3ccccc3)[C@@H]2CO)cc1OC. The molecule has 7 heteroatoms. The highest BCUT2D eigenvalue weighted by molar-refractivity contribution is 5.93. The molecular formula is C28H31NO6. The third-order valence-electron chi connectivity index (χ3n) is 6.72. The van der Waals surface area contributed by atoms with E-state index in [9.17, 15) is 9.90 Å². The molecule has 184 valence electrons. The van der Waals surface area contributed by atoms with E-state index in [2.05, 4.69) is 5.32 Å². The van der Waals surface area contributed by atoms with Crippen molar-refractivity contribution >= 4 is 11.6 Å². The van der Waals surface area contributed by atoms with Crippen molar-refractivity contribution < 1.29 is 28.8 Å². The smallest absolute Gasteiger partial charge is 0.228 e. The Morgan fingerprint density at radius 3 is 2.11 bits per heavy atom. The molecule has 7 nitrogen and oxygen atoms in total. The van der Waals surface area contributed by atoms with Crippen LogP contribution in [-0.4, -0.2) is 46.1 Å². The highest BCUT2D eigenvalue weighted by Crippen LogP contribution is 2.48. The molecule has 35 heavy (non-hydrogen) atoms. The lowest BCUT2D eigenvalue weighted by Gasteiger charge is -2.39. The van der Waals surface area contributed by atoms with Crippen LogP contribution in [0.3, 0.4) is 0 Å². The Morgan fingerprint density at radius 2 is 1.49 bits per heavy atom. The number of aliphatic hydroxyl groups is 1. The highest BCUT2D eigenvalue weighted by atomic mass is 16.5. The summed E-state index contributed by atoms with van der Waals surface area (Å²) in [4.78, 5) is 13.5. The molecule has 0 unspecified atom stereocenters. The number of ether oxygens (including phenoxy) is 4. The van der Waals surface area contributed by atoms with E-state index in [4.69, 9.17) is 18.9 Å². The maximum Gasteiger partial charge on any atom is 0.228 e. The topological polar surface area (TPSA) is 86.3 Å². The van der Waals surface area contributed by atoms with E-state index in [1.807, 2.05) is 60.7 Å². The van der Waals surface area contributed by atoms with Crippen molar-refractivity contribution in [1.82, 2.24) is 0 Å². The van der Waals surface area contributed by atoms with Crippen LogP contribution in [0.25, 0.3) is 0 Å². The van der Waals surface area contributed by atoms with Gasteiger partial charge in [0, 0.05) is 30.0 Å². The van der Waals surface area contributed by atoms with Gasteiger partial charge in [0.2, 0.25) is 5.91 Å². The molecule has 0 radical (unpaired) electrons. The van der Waals surface area contributed by atoms with E-state index in [0.717, 1.165) is 22.4 Å². The van der Waals surface area contributed by atoms with Crippen molar-refractivity contribution in [2.45, 2.75) is 12.3 Å². The summed E-state index contributed by atoms with van der Waals surface area (Å²) in [5.74, 6) is 1.13. The molecule has 4 rings (SSSR count). The van der Waals surface area contributed by atoms with Crippen LogP contribution in [0.2, 0.25) is 0 Å². The summed E-state index contributed by atoms with van der Waals surface area (Å²) in [5, 5.41) is 13.6. The van der Waals surface area contributed by atoms with Crippen LogP contribution < -0.4 is 24.3 Å². The number of nitrogens with one attached hydrogen (secondary N) is 1. The van der Waals surface area contributed by atoms with E-state index in [1.54, 1.807) is 28.4 Å². The predicted molar refractivity (Wildman–Crippen MR) is 134 cm³/mol. The largest absolute Gasteiger partial charge is 0.493 e. The summed E-state index contributed by atoms with van der Waals surface area (Å²) in [6, 6.07) is 18.9. The normalized spacial score (nSPS) is 18.8. The number of hydrogen-bond donors (Lipinski definition) is 2. The zero-order valence-electron chi connectivity index (χ0n) is 20.4. The highest BCUT2D eigenvalue weighted by Gasteiger charge is 2.42. The monoisotopic (exact) mass is 477 g/mol. The first-order valence-electron chi connectivity index (χ1n) is 11.5. The maximum absolute atomic E-state index is 13.5. The Bertz CT molecular complexity index is 1180. The van der Waals surface area contributed by atoms with E-state index < -0.39 is 5.92 Å². The molecule has 1 aliphatic rings.